The molecule has 9 heteroatoms. The number of amides is 1. The Morgan fingerprint density at radius 2 is 1.78 bits per heavy atom. The van der Waals surface area contributed by atoms with E-state index in [0.717, 1.165) is 36.8 Å². The third-order valence-electron chi connectivity index (χ3n) is 6.37. The van der Waals surface area contributed by atoms with Crippen LogP contribution in [0.5, 0.6) is 5.75 Å². The topological polar surface area (TPSA) is 56.2 Å². The van der Waals surface area contributed by atoms with Crippen LogP contribution in [-0.4, -0.2) is 27.6 Å². The number of nitrogens with zero attached hydrogens (tertiary/aromatic N) is 2. The molecular formula is C23H19Cl2F2N3O2. The predicted octanol–water partition coefficient (Wildman–Crippen LogP) is 5.04. The van der Waals surface area contributed by atoms with Crippen LogP contribution in [0.3, 0.4) is 0 Å². The molecule has 3 aliphatic carbocycles. The third kappa shape index (κ3) is 3.44. The molecule has 5 nitrogen and oxygen atoms in total. The lowest BCUT2D eigenvalue weighted by molar-refractivity contribution is -0.141. The highest BCUT2D eigenvalue weighted by Gasteiger charge is 2.70. The smallest absolute Gasteiger partial charge is 0.258 e. The number of nitrogens with one attached hydrogen (secondary N) is 1. The van der Waals surface area contributed by atoms with Gasteiger partial charge in [0.1, 0.15) is 23.2 Å². The van der Waals surface area contributed by atoms with E-state index < -0.39 is 11.6 Å². The van der Waals surface area contributed by atoms with Gasteiger partial charge >= 0.3 is 0 Å². The van der Waals surface area contributed by atoms with E-state index in [4.69, 9.17) is 27.9 Å². The van der Waals surface area contributed by atoms with E-state index in [9.17, 15) is 13.6 Å². The molecule has 3 saturated carbocycles. The third-order valence-corrected chi connectivity index (χ3v) is 6.99. The number of ether oxygens (including phenoxy) is 1. The monoisotopic (exact) mass is 477 g/mol. The molecule has 0 atom stereocenters. The predicted molar refractivity (Wildman–Crippen MR) is 117 cm³/mol. The highest BCUT2D eigenvalue weighted by atomic mass is 35.5. The average Bonchev–Trinajstić information content (AvgIpc) is 3.08. The maximum atomic E-state index is 13.9. The summed E-state index contributed by atoms with van der Waals surface area (Å²) in [5.74, 6) is -0.155. The first-order valence-corrected chi connectivity index (χ1v) is 10.8. The quantitative estimate of drug-likeness (QED) is 0.540. The van der Waals surface area contributed by atoms with Crippen LogP contribution in [0.15, 0.2) is 42.6 Å². The van der Waals surface area contributed by atoms with Gasteiger partial charge in [-0.15, -0.1) is 0 Å². The molecule has 0 saturated heterocycles. The highest BCUT2D eigenvalue weighted by molar-refractivity contribution is 6.31. The molecule has 3 fully saturated rings. The lowest BCUT2D eigenvalue weighted by Gasteiger charge is -2.69. The molecular weight excluding hydrogens is 459 g/mol. The van der Waals surface area contributed by atoms with E-state index >= 15 is 0 Å². The van der Waals surface area contributed by atoms with Crippen molar-refractivity contribution in [3.63, 3.8) is 0 Å². The molecule has 2 aromatic carbocycles. The van der Waals surface area contributed by atoms with Crippen molar-refractivity contribution >= 4 is 29.1 Å². The van der Waals surface area contributed by atoms with Gasteiger partial charge in [0.05, 0.1) is 21.9 Å². The summed E-state index contributed by atoms with van der Waals surface area (Å²) < 4.78 is 34.7. The Hall–Kier alpha value is -2.64. The number of aromatic nitrogens is 2. The van der Waals surface area contributed by atoms with Gasteiger partial charge in [-0.05, 0) is 43.5 Å². The average molecular weight is 478 g/mol. The van der Waals surface area contributed by atoms with Gasteiger partial charge < -0.3 is 14.6 Å². The van der Waals surface area contributed by atoms with Gasteiger partial charge in [-0.25, -0.2) is 13.8 Å². The number of hydrogen-bond donors (Lipinski definition) is 1. The van der Waals surface area contributed by atoms with Crippen molar-refractivity contribution in [1.82, 2.24) is 14.9 Å². The van der Waals surface area contributed by atoms with Gasteiger partial charge in [-0.3, -0.25) is 4.79 Å². The lowest BCUT2D eigenvalue weighted by Crippen LogP contribution is -2.77. The molecule has 0 aliphatic heterocycles. The van der Waals surface area contributed by atoms with Crippen molar-refractivity contribution in [3.8, 4) is 17.0 Å². The Bertz CT molecular complexity index is 1220. The van der Waals surface area contributed by atoms with Crippen LogP contribution < -0.4 is 10.1 Å². The van der Waals surface area contributed by atoms with E-state index in [0.29, 0.717) is 5.56 Å². The molecule has 1 heterocycles. The molecule has 0 unspecified atom stereocenters. The summed E-state index contributed by atoms with van der Waals surface area (Å²) in [5.41, 5.74) is 1.16. The molecule has 6 rings (SSSR count). The van der Waals surface area contributed by atoms with E-state index in [-0.39, 0.29) is 39.3 Å². The Balaban J connectivity index is 1.20. The summed E-state index contributed by atoms with van der Waals surface area (Å²) >= 11 is 11.4. The SMILES string of the molecule is Cn1c(-c2ccc(Cl)c(F)c2)cnc1C12CC(NC(=O)COc3ccc(Cl)c(F)c3)(C1)C2. The van der Waals surface area contributed by atoms with E-state index in [1.54, 1.807) is 12.3 Å². The molecule has 1 N–H and O–H groups in total. The van der Waals surface area contributed by atoms with Crippen molar-refractivity contribution in [3.05, 3.63) is 70.1 Å². The van der Waals surface area contributed by atoms with Gasteiger partial charge in [0.25, 0.3) is 5.91 Å². The Kier molecular flexibility index (Phi) is 4.94. The minimum absolute atomic E-state index is 0.000365. The van der Waals surface area contributed by atoms with Crippen molar-refractivity contribution in [1.29, 1.82) is 0 Å². The van der Waals surface area contributed by atoms with Crippen LogP contribution in [0.4, 0.5) is 8.78 Å². The number of benzene rings is 2. The van der Waals surface area contributed by atoms with Gasteiger partial charge in [-0.2, -0.15) is 0 Å². The fraction of sp³-hybridized carbons (Fsp3) is 0.304. The molecule has 166 valence electrons. The minimum Gasteiger partial charge on any atom is -0.484 e. The molecule has 3 aliphatic rings. The van der Waals surface area contributed by atoms with Crippen LogP contribution in [0, 0.1) is 11.6 Å². The summed E-state index contributed by atoms with van der Waals surface area (Å²) in [6, 6.07) is 8.75. The molecule has 0 radical (unpaired) electrons. The highest BCUT2D eigenvalue weighted by Crippen LogP contribution is 2.67. The first kappa shape index (κ1) is 21.2. The van der Waals surface area contributed by atoms with Gasteiger partial charge in [0.2, 0.25) is 0 Å². The molecule has 32 heavy (non-hydrogen) atoms. The fourth-order valence-electron chi connectivity index (χ4n) is 5.03. The largest absolute Gasteiger partial charge is 0.484 e. The van der Waals surface area contributed by atoms with Crippen LogP contribution >= 0.6 is 23.2 Å². The Labute approximate surface area is 193 Å². The van der Waals surface area contributed by atoms with Crippen molar-refractivity contribution in [2.45, 2.75) is 30.2 Å². The zero-order chi connectivity index (χ0) is 22.7. The Morgan fingerprint density at radius 3 is 2.44 bits per heavy atom. The minimum atomic E-state index is -0.596. The normalized spacial score (nSPS) is 23.3. The number of carbonyl (C=O) groups is 1. The van der Waals surface area contributed by atoms with Gasteiger partial charge in [0, 0.05) is 29.6 Å². The molecule has 2 bridgehead atoms. The maximum absolute atomic E-state index is 13.9. The second-order valence-corrected chi connectivity index (χ2v) is 9.47. The first-order valence-electron chi connectivity index (χ1n) is 10.1. The fourth-order valence-corrected chi connectivity index (χ4v) is 5.27. The van der Waals surface area contributed by atoms with Crippen molar-refractivity contribution < 1.29 is 18.3 Å². The zero-order valence-corrected chi connectivity index (χ0v) is 18.6. The molecule has 0 spiro atoms. The summed E-state index contributed by atoms with van der Waals surface area (Å²) in [4.78, 5) is 16.9. The van der Waals surface area contributed by atoms with Crippen molar-refractivity contribution in [2.75, 3.05) is 6.61 Å². The summed E-state index contributed by atoms with van der Waals surface area (Å²) in [6.45, 7) is -0.204. The second kappa shape index (κ2) is 7.46. The first-order chi connectivity index (χ1) is 15.2. The van der Waals surface area contributed by atoms with E-state index in [1.807, 2.05) is 11.6 Å². The van der Waals surface area contributed by atoms with Gasteiger partial charge in [-0.1, -0.05) is 29.3 Å². The van der Waals surface area contributed by atoms with Crippen LogP contribution in [0.2, 0.25) is 10.0 Å². The molecule has 3 aromatic rings. The number of hydrogen-bond acceptors (Lipinski definition) is 3. The van der Waals surface area contributed by atoms with Crippen LogP contribution in [0.1, 0.15) is 25.1 Å². The van der Waals surface area contributed by atoms with Crippen LogP contribution in [-0.2, 0) is 17.3 Å². The summed E-state index contributed by atoms with van der Waals surface area (Å²) in [5, 5.41) is 3.12. The van der Waals surface area contributed by atoms with Crippen LogP contribution in [0.25, 0.3) is 11.3 Å². The molecule has 1 amide bonds. The lowest BCUT2D eigenvalue weighted by atomic mass is 9.39. The number of halogens is 4. The zero-order valence-electron chi connectivity index (χ0n) is 17.1. The van der Waals surface area contributed by atoms with Gasteiger partial charge in [0.15, 0.2) is 6.61 Å². The second-order valence-electron chi connectivity index (χ2n) is 8.66. The standard InChI is InChI=1S/C23H19Cl2F2N3O2/c1-30-19(13-2-4-15(24)17(26)6-13)8-28-21(30)22-10-23(11-22,12-22)29-20(31)9-32-14-3-5-16(25)18(27)7-14/h2-8H,9-12H2,1H3,(H,29,31). The number of imidazole rings is 1. The van der Waals surface area contributed by atoms with E-state index in [2.05, 4.69) is 10.3 Å². The summed E-state index contributed by atoms with van der Waals surface area (Å²) in [7, 11) is 1.91. The van der Waals surface area contributed by atoms with Crippen molar-refractivity contribution in [2.24, 2.45) is 7.05 Å². The summed E-state index contributed by atoms with van der Waals surface area (Å²) in [6.07, 6.45) is 4.07. The maximum Gasteiger partial charge on any atom is 0.258 e. The number of carbonyl (C=O) groups excluding carboxylic acids is 1. The van der Waals surface area contributed by atoms with E-state index in [1.165, 1.54) is 24.3 Å². The number of rotatable bonds is 6. The Morgan fingerprint density at radius 1 is 1.12 bits per heavy atom. The molecule has 1 aromatic heterocycles.